The van der Waals surface area contributed by atoms with Crippen LogP contribution in [0.3, 0.4) is 0 Å². The fourth-order valence-corrected chi connectivity index (χ4v) is 3.15. The molecule has 0 bridgehead atoms. The van der Waals surface area contributed by atoms with Crippen LogP contribution in [-0.4, -0.2) is 12.9 Å². The molecule has 0 spiro atoms. The first kappa shape index (κ1) is 13.9. The Kier molecular flexibility index (Phi) is 3.32. The van der Waals surface area contributed by atoms with Crippen LogP contribution in [0.25, 0.3) is 0 Å². The predicted octanol–water partition coefficient (Wildman–Crippen LogP) is 4.23. The molecular formula is C19H20O2. The third-order valence-electron chi connectivity index (χ3n) is 4.40. The molecule has 2 aromatic carbocycles. The summed E-state index contributed by atoms with van der Waals surface area (Å²) in [4.78, 5) is 13.2. The Morgan fingerprint density at radius 3 is 2.33 bits per heavy atom. The number of methoxy groups -OCH3 is 1. The quantitative estimate of drug-likeness (QED) is 0.784. The summed E-state index contributed by atoms with van der Waals surface area (Å²) < 4.78 is 5.47. The molecule has 1 saturated carbocycles. The zero-order valence-corrected chi connectivity index (χ0v) is 12.8. The second kappa shape index (κ2) is 5.03. The number of carbonyl (C=O) groups is 1. The molecule has 0 aliphatic heterocycles. The van der Waals surface area contributed by atoms with Crippen molar-refractivity contribution in [3.05, 3.63) is 64.7 Å². The number of hydrogen-bond acceptors (Lipinski definition) is 2. The van der Waals surface area contributed by atoms with Gasteiger partial charge < -0.3 is 4.74 Å². The summed E-state index contributed by atoms with van der Waals surface area (Å²) >= 11 is 0. The number of Topliss-reactive ketones (excluding diaryl/α,β-unsaturated/α-hetero) is 1. The fraction of sp³-hybridized carbons (Fsp3) is 0.316. The van der Waals surface area contributed by atoms with Gasteiger partial charge in [0.15, 0.2) is 5.78 Å². The first-order valence-electron chi connectivity index (χ1n) is 7.34. The van der Waals surface area contributed by atoms with E-state index < -0.39 is 0 Å². The van der Waals surface area contributed by atoms with Gasteiger partial charge in [-0.15, -0.1) is 0 Å². The number of rotatable bonds is 4. The molecule has 0 saturated heterocycles. The van der Waals surface area contributed by atoms with E-state index >= 15 is 0 Å². The van der Waals surface area contributed by atoms with Crippen molar-refractivity contribution in [3.8, 4) is 5.75 Å². The molecule has 0 N–H and O–H groups in total. The largest absolute Gasteiger partial charge is 0.496 e. The average molecular weight is 280 g/mol. The maximum atomic E-state index is 13.2. The van der Waals surface area contributed by atoms with Crippen LogP contribution in [-0.2, 0) is 5.41 Å². The van der Waals surface area contributed by atoms with Gasteiger partial charge in [-0.3, -0.25) is 4.79 Å². The van der Waals surface area contributed by atoms with Gasteiger partial charge in [0.05, 0.1) is 18.1 Å². The van der Waals surface area contributed by atoms with E-state index in [2.05, 4.69) is 18.2 Å². The molecule has 1 aliphatic carbocycles. The minimum absolute atomic E-state index is 0.197. The number of carbonyl (C=O) groups excluding carboxylic acids is 1. The van der Waals surface area contributed by atoms with E-state index in [0.717, 1.165) is 35.1 Å². The van der Waals surface area contributed by atoms with E-state index in [9.17, 15) is 4.79 Å². The number of benzene rings is 2. The van der Waals surface area contributed by atoms with Crippen molar-refractivity contribution in [2.45, 2.75) is 32.1 Å². The van der Waals surface area contributed by atoms with Crippen molar-refractivity contribution in [1.29, 1.82) is 0 Å². The summed E-state index contributed by atoms with van der Waals surface area (Å²) in [7, 11) is 1.63. The van der Waals surface area contributed by atoms with E-state index in [1.807, 2.05) is 38.1 Å². The molecule has 2 heteroatoms. The predicted molar refractivity (Wildman–Crippen MR) is 84.2 cm³/mol. The molecule has 0 aromatic heterocycles. The van der Waals surface area contributed by atoms with E-state index in [4.69, 9.17) is 4.74 Å². The van der Waals surface area contributed by atoms with E-state index in [1.54, 1.807) is 7.11 Å². The van der Waals surface area contributed by atoms with Gasteiger partial charge in [-0.1, -0.05) is 36.4 Å². The molecule has 2 nitrogen and oxygen atoms in total. The Hall–Kier alpha value is -2.09. The third kappa shape index (κ3) is 2.25. The molecule has 0 unspecified atom stereocenters. The van der Waals surface area contributed by atoms with Crippen LogP contribution in [0, 0.1) is 13.8 Å². The number of ether oxygens (including phenoxy) is 1. The minimum atomic E-state index is -0.339. The van der Waals surface area contributed by atoms with Crippen molar-refractivity contribution in [2.24, 2.45) is 0 Å². The molecule has 1 aliphatic rings. The lowest BCUT2D eigenvalue weighted by Crippen LogP contribution is -2.22. The Morgan fingerprint density at radius 2 is 1.76 bits per heavy atom. The summed E-state index contributed by atoms with van der Waals surface area (Å²) in [5.74, 6) is 0.891. The number of aryl methyl sites for hydroxylation is 2. The van der Waals surface area contributed by atoms with Crippen LogP contribution in [0.2, 0.25) is 0 Å². The molecular weight excluding hydrogens is 260 g/mol. The standard InChI is InChI=1S/C19H20O2/c1-13-11-14(2)17(16(12-13)21-3)18(20)19(9-10-19)15-7-5-4-6-8-15/h4-8,11-12H,9-10H2,1-3H3. The third-order valence-corrected chi connectivity index (χ3v) is 4.40. The van der Waals surface area contributed by atoms with Crippen molar-refractivity contribution in [2.75, 3.05) is 7.11 Å². The maximum absolute atomic E-state index is 13.2. The Labute approximate surface area is 125 Å². The Balaban J connectivity index is 2.08. The Bertz CT molecular complexity index is 682. The molecule has 0 atom stereocenters. The van der Waals surface area contributed by atoms with Gasteiger partial charge in [0.1, 0.15) is 5.75 Å². The summed E-state index contributed by atoms with van der Waals surface area (Å²) in [6.07, 6.45) is 1.85. The van der Waals surface area contributed by atoms with Crippen LogP contribution in [0.4, 0.5) is 0 Å². The first-order valence-corrected chi connectivity index (χ1v) is 7.34. The second-order valence-corrected chi connectivity index (χ2v) is 5.94. The van der Waals surface area contributed by atoms with Crippen molar-refractivity contribution < 1.29 is 9.53 Å². The SMILES string of the molecule is COc1cc(C)cc(C)c1C(=O)C1(c2ccccc2)CC1. The molecule has 0 radical (unpaired) electrons. The van der Waals surface area contributed by atoms with Crippen molar-refractivity contribution >= 4 is 5.78 Å². The fourth-order valence-electron chi connectivity index (χ4n) is 3.15. The molecule has 21 heavy (non-hydrogen) atoms. The lowest BCUT2D eigenvalue weighted by Gasteiger charge is -2.19. The monoisotopic (exact) mass is 280 g/mol. The average Bonchev–Trinajstić information content (AvgIpc) is 3.28. The number of hydrogen-bond donors (Lipinski definition) is 0. The van der Waals surface area contributed by atoms with Gasteiger partial charge >= 0.3 is 0 Å². The lowest BCUT2D eigenvalue weighted by atomic mass is 9.85. The van der Waals surface area contributed by atoms with Crippen LogP contribution >= 0.6 is 0 Å². The first-order chi connectivity index (χ1) is 10.1. The molecule has 3 rings (SSSR count). The van der Waals surface area contributed by atoms with Crippen LogP contribution in [0.5, 0.6) is 5.75 Å². The summed E-state index contributed by atoms with van der Waals surface area (Å²) in [5.41, 5.74) is 3.64. The van der Waals surface area contributed by atoms with Gasteiger partial charge in [-0.05, 0) is 49.4 Å². The van der Waals surface area contributed by atoms with Crippen LogP contribution in [0.1, 0.15) is 39.9 Å². The highest BCUT2D eigenvalue weighted by atomic mass is 16.5. The van der Waals surface area contributed by atoms with Crippen LogP contribution in [0.15, 0.2) is 42.5 Å². The highest BCUT2D eigenvalue weighted by molar-refractivity contribution is 6.09. The minimum Gasteiger partial charge on any atom is -0.496 e. The highest BCUT2D eigenvalue weighted by Crippen LogP contribution is 2.51. The van der Waals surface area contributed by atoms with E-state index in [-0.39, 0.29) is 11.2 Å². The lowest BCUT2D eigenvalue weighted by molar-refractivity contribution is 0.0942. The zero-order chi connectivity index (χ0) is 15.0. The van der Waals surface area contributed by atoms with Crippen molar-refractivity contribution in [1.82, 2.24) is 0 Å². The molecule has 1 fully saturated rings. The molecule has 0 heterocycles. The summed E-state index contributed by atoms with van der Waals surface area (Å²) in [6.45, 7) is 4.01. The summed E-state index contributed by atoms with van der Waals surface area (Å²) in [5, 5.41) is 0. The normalized spacial score (nSPS) is 15.6. The Morgan fingerprint density at radius 1 is 1.10 bits per heavy atom. The second-order valence-electron chi connectivity index (χ2n) is 5.94. The molecule has 108 valence electrons. The number of ketones is 1. The van der Waals surface area contributed by atoms with Crippen molar-refractivity contribution in [3.63, 3.8) is 0 Å². The smallest absolute Gasteiger partial charge is 0.177 e. The van der Waals surface area contributed by atoms with Gasteiger partial charge in [-0.25, -0.2) is 0 Å². The van der Waals surface area contributed by atoms with E-state index in [1.165, 1.54) is 0 Å². The van der Waals surface area contributed by atoms with Gasteiger partial charge in [0.2, 0.25) is 0 Å². The van der Waals surface area contributed by atoms with E-state index in [0.29, 0.717) is 5.75 Å². The highest BCUT2D eigenvalue weighted by Gasteiger charge is 2.52. The van der Waals surface area contributed by atoms with Gasteiger partial charge in [0.25, 0.3) is 0 Å². The van der Waals surface area contributed by atoms with Gasteiger partial charge in [-0.2, -0.15) is 0 Å². The van der Waals surface area contributed by atoms with Crippen LogP contribution < -0.4 is 4.74 Å². The zero-order valence-electron chi connectivity index (χ0n) is 12.8. The van der Waals surface area contributed by atoms with Gasteiger partial charge in [0, 0.05) is 0 Å². The molecule has 2 aromatic rings. The topological polar surface area (TPSA) is 26.3 Å². The summed E-state index contributed by atoms with van der Waals surface area (Å²) in [6, 6.07) is 14.1. The molecule has 0 amide bonds. The maximum Gasteiger partial charge on any atom is 0.177 e.